The van der Waals surface area contributed by atoms with Crippen molar-refractivity contribution in [2.75, 3.05) is 39.4 Å². The Labute approximate surface area is 248 Å². The molecule has 1 aliphatic carbocycles. The number of carbonyl (C=O) groups is 1. The highest BCUT2D eigenvalue weighted by atomic mass is 19.4. The quantitative estimate of drug-likeness (QED) is 0.262. The molecule has 2 aromatic rings. The van der Waals surface area contributed by atoms with Gasteiger partial charge in [-0.1, -0.05) is 23.4 Å². The second-order valence-corrected chi connectivity index (χ2v) is 12.6. The maximum atomic E-state index is 13.6. The van der Waals surface area contributed by atoms with E-state index in [1.165, 1.54) is 12.1 Å². The van der Waals surface area contributed by atoms with E-state index in [4.69, 9.17) is 14.3 Å². The molecule has 0 atom stereocenters. The molecule has 1 spiro atoms. The number of alkyl halides is 3. The number of carbonyl (C=O) groups excluding carboxylic acids is 1. The summed E-state index contributed by atoms with van der Waals surface area (Å²) < 4.78 is 63.8. The number of halogens is 4. The Morgan fingerprint density at radius 2 is 1.81 bits per heavy atom. The zero-order valence-corrected chi connectivity index (χ0v) is 24.5. The van der Waals surface area contributed by atoms with E-state index in [1.54, 1.807) is 18.2 Å². The minimum atomic E-state index is -4.48. The fraction of sp³-hybridized carbons (Fsp3) is 0.562. The number of amidine groups is 1. The predicted octanol–water partition coefficient (Wildman–Crippen LogP) is 6.26. The third-order valence-electron chi connectivity index (χ3n) is 8.99. The Balaban J connectivity index is 1.12. The van der Waals surface area contributed by atoms with Crippen LogP contribution < -0.4 is 4.74 Å². The molecule has 0 unspecified atom stereocenters. The van der Waals surface area contributed by atoms with Gasteiger partial charge in [-0.2, -0.15) is 13.2 Å². The fourth-order valence-electron chi connectivity index (χ4n) is 6.45. The Bertz CT molecular complexity index is 1380. The summed E-state index contributed by atoms with van der Waals surface area (Å²) in [5.74, 6) is 0.747. The normalized spacial score (nSPS) is 21.3. The second-order valence-electron chi connectivity index (χ2n) is 12.6. The number of benzene rings is 2. The molecule has 0 amide bonds. The van der Waals surface area contributed by atoms with Crippen molar-refractivity contribution in [3.63, 3.8) is 0 Å². The topological polar surface area (TPSA) is 63.6 Å². The third-order valence-corrected chi connectivity index (χ3v) is 8.99. The van der Waals surface area contributed by atoms with Crippen molar-refractivity contribution < 1.29 is 36.7 Å². The highest BCUT2D eigenvalue weighted by Gasteiger charge is 2.51. The lowest BCUT2D eigenvalue weighted by Crippen LogP contribution is -2.61. The lowest BCUT2D eigenvalue weighted by molar-refractivity contribution is -0.156. The van der Waals surface area contributed by atoms with Gasteiger partial charge in [-0.3, -0.25) is 9.69 Å². The van der Waals surface area contributed by atoms with E-state index in [0.29, 0.717) is 69.7 Å². The predicted molar refractivity (Wildman–Crippen MR) is 152 cm³/mol. The van der Waals surface area contributed by atoms with E-state index in [1.807, 2.05) is 13.8 Å². The molecule has 3 aliphatic heterocycles. The molecule has 232 valence electrons. The van der Waals surface area contributed by atoms with Gasteiger partial charge in [-0.05, 0) is 80.3 Å². The molecular formula is C32H37F4N3O4. The first-order valence-corrected chi connectivity index (χ1v) is 15.0. The molecule has 7 nitrogen and oxygen atoms in total. The molecule has 0 aromatic heterocycles. The van der Waals surface area contributed by atoms with Crippen molar-refractivity contribution >= 4 is 11.8 Å². The van der Waals surface area contributed by atoms with Gasteiger partial charge in [0.15, 0.2) is 12.2 Å². The van der Waals surface area contributed by atoms with Crippen LogP contribution in [0.15, 0.2) is 41.6 Å². The molecule has 4 aliphatic rings. The number of esters is 1. The largest absolute Gasteiger partial charge is 0.483 e. The molecule has 1 saturated carbocycles. The maximum Gasteiger partial charge on any atom is 0.422 e. The molecule has 0 radical (unpaired) electrons. The summed E-state index contributed by atoms with van der Waals surface area (Å²) in [4.78, 5) is 22.7. The Hall–Kier alpha value is -3.34. The molecule has 3 heterocycles. The number of rotatable bonds is 8. The van der Waals surface area contributed by atoms with Gasteiger partial charge in [-0.15, -0.1) is 0 Å². The van der Waals surface area contributed by atoms with Crippen LogP contribution in [-0.4, -0.2) is 72.8 Å². The van der Waals surface area contributed by atoms with Crippen LogP contribution in [0.1, 0.15) is 63.0 Å². The van der Waals surface area contributed by atoms with E-state index in [-0.39, 0.29) is 17.6 Å². The van der Waals surface area contributed by atoms with Gasteiger partial charge >= 0.3 is 12.1 Å². The zero-order valence-electron chi connectivity index (χ0n) is 24.5. The van der Waals surface area contributed by atoms with Crippen molar-refractivity contribution in [2.45, 2.75) is 70.2 Å². The lowest BCUT2D eigenvalue weighted by atomic mass is 9.80. The molecule has 6 rings (SSSR count). The Kier molecular flexibility index (Phi) is 7.81. The average molecular weight is 604 g/mol. The number of likely N-dealkylation sites (tertiary alicyclic amines) is 2. The highest BCUT2D eigenvalue weighted by molar-refractivity contribution is 5.85. The minimum Gasteiger partial charge on any atom is -0.483 e. The van der Waals surface area contributed by atoms with Crippen molar-refractivity contribution in [1.82, 2.24) is 9.80 Å². The lowest BCUT2D eigenvalue weighted by Gasteiger charge is -2.46. The Morgan fingerprint density at radius 3 is 2.44 bits per heavy atom. The van der Waals surface area contributed by atoms with E-state index in [9.17, 15) is 22.4 Å². The molecule has 3 fully saturated rings. The smallest absolute Gasteiger partial charge is 0.422 e. The molecule has 2 aromatic carbocycles. The van der Waals surface area contributed by atoms with Crippen LogP contribution >= 0.6 is 0 Å². The summed E-state index contributed by atoms with van der Waals surface area (Å²) in [5.41, 5.74) is 2.16. The number of oxime groups is 1. The zero-order chi connectivity index (χ0) is 30.4. The number of hydrogen-bond acceptors (Lipinski definition) is 7. The first-order chi connectivity index (χ1) is 20.5. The van der Waals surface area contributed by atoms with Crippen LogP contribution in [0, 0.1) is 11.2 Å². The van der Waals surface area contributed by atoms with Gasteiger partial charge in [-0.25, -0.2) is 4.39 Å². The molecule has 0 bridgehead atoms. The van der Waals surface area contributed by atoms with Crippen molar-refractivity contribution in [3.8, 4) is 16.9 Å². The minimum absolute atomic E-state index is 0.145. The van der Waals surface area contributed by atoms with Crippen molar-refractivity contribution in [1.29, 1.82) is 0 Å². The SMILES string of the molecule is CCOC(=O)C1(C)CCN(C2=NOC3(C2)CN(Cc2cc(OCC(F)(F)F)c(-c4ccc(F)cc4)c(C4CC4)c2)C3)CC1. The van der Waals surface area contributed by atoms with E-state index < -0.39 is 29.6 Å². The van der Waals surface area contributed by atoms with Crippen molar-refractivity contribution in [3.05, 3.63) is 53.3 Å². The van der Waals surface area contributed by atoms with Gasteiger partial charge < -0.3 is 19.2 Å². The number of hydrogen-bond donors (Lipinski definition) is 0. The van der Waals surface area contributed by atoms with Gasteiger partial charge in [0, 0.05) is 38.3 Å². The summed E-state index contributed by atoms with van der Waals surface area (Å²) >= 11 is 0. The highest BCUT2D eigenvalue weighted by Crippen LogP contribution is 2.49. The maximum absolute atomic E-state index is 13.6. The Morgan fingerprint density at radius 1 is 1.12 bits per heavy atom. The van der Waals surface area contributed by atoms with Crippen LogP contribution in [0.4, 0.5) is 17.6 Å². The van der Waals surface area contributed by atoms with Crippen molar-refractivity contribution in [2.24, 2.45) is 10.6 Å². The first-order valence-electron chi connectivity index (χ1n) is 15.0. The molecule has 2 saturated heterocycles. The first kappa shape index (κ1) is 29.7. The summed E-state index contributed by atoms with van der Waals surface area (Å²) in [6.07, 6.45) is -0.515. The van der Waals surface area contributed by atoms with Crippen LogP contribution in [0.3, 0.4) is 0 Å². The average Bonchev–Trinajstić information content (AvgIpc) is 3.71. The standard InChI is InChI=1S/C32H37F4N3O4/c1-3-41-29(40)30(2)10-12-39(13-11-30)27-16-31(43-37-27)18-38(19-31)17-21-14-25(22-4-5-22)28(23-6-8-24(33)9-7-23)26(15-21)42-20-32(34,35)36/h6-9,14-15,22H,3-5,10-13,16-20H2,1-2H3. The van der Waals surface area contributed by atoms with E-state index in [2.05, 4.69) is 21.0 Å². The van der Waals surface area contributed by atoms with Gasteiger partial charge in [0.2, 0.25) is 0 Å². The van der Waals surface area contributed by atoms with Gasteiger partial charge in [0.25, 0.3) is 0 Å². The summed E-state index contributed by atoms with van der Waals surface area (Å²) in [5, 5.41) is 4.41. The summed E-state index contributed by atoms with van der Waals surface area (Å²) in [6.45, 7) is 6.00. The van der Waals surface area contributed by atoms with Crippen LogP contribution in [0.2, 0.25) is 0 Å². The van der Waals surface area contributed by atoms with Crippen LogP contribution in [0.5, 0.6) is 5.75 Å². The molecule has 11 heteroatoms. The van der Waals surface area contributed by atoms with Gasteiger partial charge in [0.1, 0.15) is 17.4 Å². The summed E-state index contributed by atoms with van der Waals surface area (Å²) in [7, 11) is 0. The number of ether oxygens (including phenoxy) is 2. The molecular weight excluding hydrogens is 566 g/mol. The monoisotopic (exact) mass is 603 g/mol. The third kappa shape index (κ3) is 6.46. The molecule has 43 heavy (non-hydrogen) atoms. The fourth-order valence-corrected chi connectivity index (χ4v) is 6.45. The number of nitrogens with zero attached hydrogens (tertiary/aromatic N) is 3. The van der Waals surface area contributed by atoms with E-state index >= 15 is 0 Å². The van der Waals surface area contributed by atoms with Crippen LogP contribution in [-0.2, 0) is 20.9 Å². The van der Waals surface area contributed by atoms with Gasteiger partial charge in [0.05, 0.1) is 18.4 Å². The van der Waals surface area contributed by atoms with E-state index in [0.717, 1.165) is 29.8 Å². The number of piperidine rings is 1. The van der Waals surface area contributed by atoms with Crippen LogP contribution in [0.25, 0.3) is 11.1 Å². The summed E-state index contributed by atoms with van der Waals surface area (Å²) in [6, 6.07) is 9.55. The second kappa shape index (κ2) is 11.3. The molecule has 0 N–H and O–H groups in total.